The summed E-state index contributed by atoms with van der Waals surface area (Å²) >= 11 is 4.78. The molecule has 0 radical (unpaired) electrons. The first-order valence-corrected chi connectivity index (χ1v) is 8.01. The molecule has 1 atom stereocenters. The van der Waals surface area contributed by atoms with Gasteiger partial charge in [-0.3, -0.25) is 4.79 Å². The fourth-order valence-electron chi connectivity index (χ4n) is 1.82. The van der Waals surface area contributed by atoms with Gasteiger partial charge in [-0.15, -0.1) is 11.8 Å². The third-order valence-corrected chi connectivity index (χ3v) is 4.43. The molecule has 5 nitrogen and oxygen atoms in total. The Balaban J connectivity index is 1.80. The van der Waals surface area contributed by atoms with E-state index in [0.717, 1.165) is 4.47 Å². The Morgan fingerprint density at radius 3 is 2.75 bits per heavy atom. The number of halogens is 1. The van der Waals surface area contributed by atoms with Crippen LogP contribution >= 0.6 is 27.7 Å². The summed E-state index contributed by atoms with van der Waals surface area (Å²) in [6, 6.07) is 6.62. The van der Waals surface area contributed by atoms with E-state index in [2.05, 4.69) is 15.9 Å². The van der Waals surface area contributed by atoms with Gasteiger partial charge in [-0.2, -0.15) is 0 Å². The number of benzene rings is 1. The number of carboxylic acid groups (broad SMARTS) is 1. The lowest BCUT2D eigenvalue weighted by Crippen LogP contribution is -2.42. The zero-order valence-corrected chi connectivity index (χ0v) is 13.0. The maximum Gasteiger partial charge on any atom is 0.327 e. The first kappa shape index (κ1) is 15.2. The lowest BCUT2D eigenvalue weighted by Gasteiger charge is -2.20. The smallest absolute Gasteiger partial charge is 0.327 e. The Morgan fingerprint density at radius 2 is 2.10 bits per heavy atom. The van der Waals surface area contributed by atoms with Crippen LogP contribution in [0.15, 0.2) is 28.7 Å². The molecule has 7 heteroatoms. The number of carbonyl (C=O) groups is 2. The van der Waals surface area contributed by atoms with E-state index < -0.39 is 12.0 Å². The Labute approximate surface area is 129 Å². The van der Waals surface area contributed by atoms with E-state index in [1.54, 1.807) is 12.1 Å². The molecular formula is C13H14BrNO4S. The predicted molar refractivity (Wildman–Crippen MR) is 79.8 cm³/mol. The van der Waals surface area contributed by atoms with Crippen LogP contribution in [0.4, 0.5) is 0 Å². The third-order valence-electron chi connectivity index (χ3n) is 2.89. The van der Waals surface area contributed by atoms with Gasteiger partial charge in [0.25, 0.3) is 0 Å². The van der Waals surface area contributed by atoms with Crippen LogP contribution in [0.3, 0.4) is 0 Å². The Hall–Kier alpha value is -1.21. The van der Waals surface area contributed by atoms with Crippen molar-refractivity contribution in [3.05, 3.63) is 28.7 Å². The summed E-state index contributed by atoms with van der Waals surface area (Å²) in [5, 5.41) is 9.02. The van der Waals surface area contributed by atoms with E-state index in [1.807, 2.05) is 12.1 Å². The van der Waals surface area contributed by atoms with Crippen LogP contribution in [0.5, 0.6) is 5.75 Å². The first-order chi connectivity index (χ1) is 9.58. The summed E-state index contributed by atoms with van der Waals surface area (Å²) < 4.78 is 6.42. The SMILES string of the molecule is O=C(O)C1CSCN1C(=O)CCOc1ccc(Br)cc1. The highest BCUT2D eigenvalue weighted by Crippen LogP contribution is 2.22. The van der Waals surface area contributed by atoms with Gasteiger partial charge >= 0.3 is 5.97 Å². The van der Waals surface area contributed by atoms with Gasteiger partial charge in [-0.1, -0.05) is 15.9 Å². The molecule has 0 aliphatic carbocycles. The van der Waals surface area contributed by atoms with Gasteiger partial charge in [-0.05, 0) is 24.3 Å². The van der Waals surface area contributed by atoms with Crippen molar-refractivity contribution in [1.29, 1.82) is 0 Å². The van der Waals surface area contributed by atoms with Gasteiger partial charge in [0.05, 0.1) is 18.9 Å². The van der Waals surface area contributed by atoms with Crippen LogP contribution in [0.1, 0.15) is 6.42 Å². The number of hydrogen-bond donors (Lipinski definition) is 1. The van der Waals surface area contributed by atoms with Crippen molar-refractivity contribution < 1.29 is 19.4 Å². The minimum atomic E-state index is -0.947. The fraction of sp³-hybridized carbons (Fsp3) is 0.385. The van der Waals surface area contributed by atoms with E-state index in [4.69, 9.17) is 9.84 Å². The summed E-state index contributed by atoms with van der Waals surface area (Å²) in [6.45, 7) is 0.244. The average molecular weight is 360 g/mol. The van der Waals surface area contributed by atoms with Crippen LogP contribution in [0.25, 0.3) is 0 Å². The maximum absolute atomic E-state index is 12.0. The molecule has 1 N–H and O–H groups in total. The summed E-state index contributed by atoms with van der Waals surface area (Å²) in [5.41, 5.74) is 0. The second-order valence-corrected chi connectivity index (χ2v) is 6.19. The lowest BCUT2D eigenvalue weighted by molar-refractivity contribution is -0.147. The van der Waals surface area contributed by atoms with Crippen LogP contribution in [-0.4, -0.2) is 46.2 Å². The van der Waals surface area contributed by atoms with Crippen LogP contribution in [-0.2, 0) is 9.59 Å². The van der Waals surface area contributed by atoms with Crippen LogP contribution in [0, 0.1) is 0 Å². The van der Waals surface area contributed by atoms with Crippen molar-refractivity contribution >= 4 is 39.6 Å². The summed E-state index contributed by atoms with van der Waals surface area (Å²) in [4.78, 5) is 24.4. The number of thioether (sulfide) groups is 1. The molecule has 1 saturated heterocycles. The Kier molecular flexibility index (Phi) is 5.31. The molecule has 0 bridgehead atoms. The highest BCUT2D eigenvalue weighted by atomic mass is 79.9. The van der Waals surface area contributed by atoms with E-state index in [9.17, 15) is 9.59 Å². The zero-order chi connectivity index (χ0) is 14.5. The first-order valence-electron chi connectivity index (χ1n) is 6.06. The van der Waals surface area contributed by atoms with Crippen molar-refractivity contribution in [2.75, 3.05) is 18.2 Å². The van der Waals surface area contributed by atoms with E-state index >= 15 is 0 Å². The molecule has 108 valence electrons. The summed E-state index contributed by atoms with van der Waals surface area (Å²) in [5.74, 6) is 0.450. The standard InChI is InChI=1S/C13H14BrNO4S/c14-9-1-3-10(4-2-9)19-6-5-12(16)15-8-20-7-11(15)13(17)18/h1-4,11H,5-8H2,(H,17,18). The summed E-state index contributed by atoms with van der Waals surface area (Å²) in [7, 11) is 0. The van der Waals surface area contributed by atoms with Gasteiger partial charge in [0.2, 0.25) is 5.91 Å². The van der Waals surface area contributed by atoms with Crippen molar-refractivity contribution in [2.45, 2.75) is 12.5 Å². The van der Waals surface area contributed by atoms with Gasteiger partial charge in [0.1, 0.15) is 11.8 Å². The molecule has 1 fully saturated rings. The second kappa shape index (κ2) is 6.99. The quantitative estimate of drug-likeness (QED) is 0.872. The van der Waals surface area contributed by atoms with Crippen LogP contribution < -0.4 is 4.74 Å². The van der Waals surface area contributed by atoms with Crippen molar-refractivity contribution in [1.82, 2.24) is 4.90 Å². The highest BCUT2D eigenvalue weighted by Gasteiger charge is 2.34. The molecule has 1 aromatic carbocycles. The lowest BCUT2D eigenvalue weighted by atomic mass is 10.2. The van der Waals surface area contributed by atoms with Crippen molar-refractivity contribution in [3.8, 4) is 5.75 Å². The van der Waals surface area contributed by atoms with Gasteiger partial charge in [0.15, 0.2) is 0 Å². The monoisotopic (exact) mass is 359 g/mol. The van der Waals surface area contributed by atoms with E-state index in [0.29, 0.717) is 17.4 Å². The molecule has 2 rings (SSSR count). The molecule has 20 heavy (non-hydrogen) atoms. The van der Waals surface area contributed by atoms with Gasteiger partial charge in [-0.25, -0.2) is 4.79 Å². The zero-order valence-electron chi connectivity index (χ0n) is 10.6. The number of nitrogens with zero attached hydrogens (tertiary/aromatic N) is 1. The molecule has 0 aromatic heterocycles. The number of hydrogen-bond acceptors (Lipinski definition) is 4. The topological polar surface area (TPSA) is 66.8 Å². The van der Waals surface area contributed by atoms with Gasteiger partial charge in [0, 0.05) is 10.2 Å². The number of aliphatic carboxylic acids is 1. The second-order valence-electron chi connectivity index (χ2n) is 4.27. The normalized spacial score (nSPS) is 18.1. The van der Waals surface area contributed by atoms with E-state index in [1.165, 1.54) is 16.7 Å². The molecule has 1 heterocycles. The minimum Gasteiger partial charge on any atom is -0.493 e. The molecule has 1 amide bonds. The predicted octanol–water partition coefficient (Wildman–Crippen LogP) is 2.20. The minimum absolute atomic E-state index is 0.181. The molecule has 0 spiro atoms. The van der Waals surface area contributed by atoms with Crippen molar-refractivity contribution in [2.24, 2.45) is 0 Å². The van der Waals surface area contributed by atoms with Crippen molar-refractivity contribution in [3.63, 3.8) is 0 Å². The summed E-state index contributed by atoms with van der Waals surface area (Å²) in [6.07, 6.45) is 0.181. The Bertz CT molecular complexity index is 494. The number of carbonyl (C=O) groups excluding carboxylic acids is 1. The number of ether oxygens (including phenoxy) is 1. The fourth-order valence-corrected chi connectivity index (χ4v) is 3.26. The molecule has 0 saturated carbocycles. The largest absolute Gasteiger partial charge is 0.493 e. The maximum atomic E-state index is 12.0. The average Bonchev–Trinajstić information content (AvgIpc) is 2.90. The number of amides is 1. The Morgan fingerprint density at radius 1 is 1.40 bits per heavy atom. The molecule has 1 aromatic rings. The number of carboxylic acids is 1. The molecule has 1 unspecified atom stereocenters. The third kappa shape index (κ3) is 3.89. The van der Waals surface area contributed by atoms with Crippen LogP contribution in [0.2, 0.25) is 0 Å². The highest BCUT2D eigenvalue weighted by molar-refractivity contribution is 9.10. The number of rotatable bonds is 5. The van der Waals surface area contributed by atoms with Gasteiger partial charge < -0.3 is 14.7 Å². The molecule has 1 aliphatic rings. The molecule has 1 aliphatic heterocycles. The van der Waals surface area contributed by atoms with E-state index in [-0.39, 0.29) is 18.9 Å². The molecular weight excluding hydrogens is 346 g/mol.